The quantitative estimate of drug-likeness (QED) is 0.575. The molecule has 146 valence electrons. The molecule has 0 aromatic carbocycles. The summed E-state index contributed by atoms with van der Waals surface area (Å²) in [5.41, 5.74) is 7.13. The molecular weight excluding hydrogens is 383 g/mol. The van der Waals surface area contributed by atoms with Crippen molar-refractivity contribution in [1.29, 1.82) is 0 Å². The minimum Gasteiger partial charge on any atom is -0.372 e. The third kappa shape index (κ3) is 3.53. The van der Waals surface area contributed by atoms with E-state index in [9.17, 15) is 14.3 Å². The van der Waals surface area contributed by atoms with Gasteiger partial charge in [-0.05, 0) is 30.0 Å². The second kappa shape index (κ2) is 7.38. The fourth-order valence-corrected chi connectivity index (χ4v) is 3.97. The molecule has 10 heteroatoms. The first-order chi connectivity index (χ1) is 13.4. The summed E-state index contributed by atoms with van der Waals surface area (Å²) in [4.78, 5) is 25.8. The maximum atomic E-state index is 13.4. The number of carbonyl (C=O) groups is 1. The Morgan fingerprint density at radius 3 is 2.93 bits per heavy atom. The number of nitrogens with zero attached hydrogens (tertiary/aromatic N) is 4. The molecule has 4 N–H and O–H groups in total. The number of anilines is 1. The van der Waals surface area contributed by atoms with Crippen molar-refractivity contribution >= 4 is 33.4 Å². The summed E-state index contributed by atoms with van der Waals surface area (Å²) in [7, 11) is 0. The highest BCUT2D eigenvalue weighted by molar-refractivity contribution is 7.17. The van der Waals surface area contributed by atoms with Crippen molar-refractivity contribution in [2.75, 3.05) is 18.4 Å². The van der Waals surface area contributed by atoms with E-state index >= 15 is 0 Å². The van der Waals surface area contributed by atoms with Gasteiger partial charge in [-0.1, -0.05) is 0 Å². The van der Waals surface area contributed by atoms with E-state index in [1.807, 2.05) is 18.4 Å². The van der Waals surface area contributed by atoms with Crippen LogP contribution >= 0.6 is 11.3 Å². The molecule has 1 fully saturated rings. The Bertz CT molecular complexity index is 1020. The topological polar surface area (TPSA) is 117 Å². The van der Waals surface area contributed by atoms with Crippen molar-refractivity contribution in [2.45, 2.75) is 19.2 Å². The zero-order valence-corrected chi connectivity index (χ0v) is 15.9. The summed E-state index contributed by atoms with van der Waals surface area (Å²) in [5.74, 6) is -0.720. The molecule has 0 bridgehead atoms. The third-order valence-corrected chi connectivity index (χ3v) is 5.73. The molecule has 8 nitrogen and oxygen atoms in total. The molecule has 2 atom stereocenters. The molecule has 1 aliphatic rings. The minimum absolute atomic E-state index is 0.256. The van der Waals surface area contributed by atoms with E-state index in [0.717, 1.165) is 10.9 Å². The summed E-state index contributed by atoms with van der Waals surface area (Å²) in [6, 6.07) is 2.96. The molecule has 0 radical (unpaired) electrons. The second-order valence-electron chi connectivity index (χ2n) is 6.80. The highest BCUT2D eigenvalue weighted by Crippen LogP contribution is 2.33. The number of hydrogen-bond donors (Lipinski definition) is 3. The molecule has 1 amide bonds. The van der Waals surface area contributed by atoms with Crippen LogP contribution in [0.4, 0.5) is 10.3 Å². The number of hydrogen-bond acceptors (Lipinski definition) is 8. The number of thiophene rings is 1. The molecule has 1 saturated heterocycles. The van der Waals surface area contributed by atoms with Gasteiger partial charge in [0.1, 0.15) is 11.5 Å². The number of halogens is 1. The number of amides is 1. The van der Waals surface area contributed by atoms with Gasteiger partial charge < -0.3 is 16.2 Å². The number of fused-ring (bicyclic) bond motifs is 1. The Morgan fingerprint density at radius 2 is 2.21 bits per heavy atom. The molecule has 0 aliphatic carbocycles. The first kappa shape index (κ1) is 18.7. The number of likely N-dealkylation sites (tertiary alicyclic amines) is 1. The van der Waals surface area contributed by atoms with E-state index in [1.54, 1.807) is 11.1 Å². The lowest BCUT2D eigenvalue weighted by Crippen LogP contribution is -2.53. The van der Waals surface area contributed by atoms with E-state index in [0.29, 0.717) is 35.8 Å². The molecule has 3 aromatic heterocycles. The largest absolute Gasteiger partial charge is 0.372 e. The van der Waals surface area contributed by atoms with Crippen LogP contribution in [0.2, 0.25) is 0 Å². The summed E-state index contributed by atoms with van der Waals surface area (Å²) in [5, 5.41) is 15.8. The Balaban J connectivity index is 1.59. The highest BCUT2D eigenvalue weighted by Gasteiger charge is 2.37. The molecule has 0 spiro atoms. The van der Waals surface area contributed by atoms with Gasteiger partial charge in [-0.2, -0.15) is 0 Å². The van der Waals surface area contributed by atoms with E-state index in [-0.39, 0.29) is 17.9 Å². The van der Waals surface area contributed by atoms with E-state index in [2.05, 4.69) is 20.3 Å². The van der Waals surface area contributed by atoms with Gasteiger partial charge in [0.2, 0.25) is 11.9 Å². The summed E-state index contributed by atoms with van der Waals surface area (Å²) in [6.07, 6.45) is 1.75. The molecule has 1 unspecified atom stereocenters. The van der Waals surface area contributed by atoms with Crippen LogP contribution in [0.3, 0.4) is 0 Å². The van der Waals surface area contributed by atoms with Crippen LogP contribution in [0.15, 0.2) is 29.9 Å². The van der Waals surface area contributed by atoms with Gasteiger partial charge in [0, 0.05) is 19.3 Å². The molecule has 0 saturated carbocycles. The van der Waals surface area contributed by atoms with Crippen LogP contribution in [0.25, 0.3) is 10.2 Å². The lowest BCUT2D eigenvalue weighted by Gasteiger charge is -2.40. The average Bonchev–Trinajstić information content (AvgIpc) is 3.07. The maximum Gasteiger partial charge on any atom is 0.224 e. The number of aliphatic hydroxyl groups excluding tert-OH is 1. The van der Waals surface area contributed by atoms with Crippen molar-refractivity contribution in [3.8, 4) is 0 Å². The summed E-state index contributed by atoms with van der Waals surface area (Å²) < 4.78 is 14.2. The van der Waals surface area contributed by atoms with Gasteiger partial charge in [-0.3, -0.25) is 14.7 Å². The van der Waals surface area contributed by atoms with Crippen LogP contribution in [0.1, 0.15) is 30.5 Å². The molecular formula is C18H19FN6O2S. The van der Waals surface area contributed by atoms with Crippen molar-refractivity contribution < 1.29 is 14.3 Å². The lowest BCUT2D eigenvalue weighted by atomic mass is 9.99. The van der Waals surface area contributed by atoms with Crippen molar-refractivity contribution in [3.63, 3.8) is 0 Å². The molecule has 4 rings (SSSR count). The van der Waals surface area contributed by atoms with Crippen molar-refractivity contribution in [1.82, 2.24) is 19.9 Å². The average molecular weight is 402 g/mol. The fourth-order valence-electron chi connectivity index (χ4n) is 3.13. The molecule has 3 aromatic rings. The predicted octanol–water partition coefficient (Wildman–Crippen LogP) is 1.81. The fraction of sp³-hybridized carbons (Fsp3) is 0.333. The smallest absolute Gasteiger partial charge is 0.224 e. The normalized spacial score (nSPS) is 17.2. The Morgan fingerprint density at radius 1 is 1.43 bits per heavy atom. The van der Waals surface area contributed by atoms with E-state index < -0.39 is 12.0 Å². The number of nitrogens with one attached hydrogen (secondary N) is 1. The first-order valence-corrected chi connectivity index (χ1v) is 9.64. The number of rotatable bonds is 6. The van der Waals surface area contributed by atoms with Gasteiger partial charge in [0.25, 0.3) is 0 Å². The summed E-state index contributed by atoms with van der Waals surface area (Å²) in [6.45, 7) is 2.63. The van der Waals surface area contributed by atoms with E-state index in [1.165, 1.54) is 17.4 Å². The Kier molecular flexibility index (Phi) is 4.92. The standard InChI is InChI=1S/C18H19FN6O2S/c1-9(10-4-12(19)6-21-5-10)22-18-23-13-2-3-28-15(13)14(24-18)17(27)25-7-11(8-25)16(20)26/h2-6,9,11,17,27H,7-8H2,1H3,(H2,20,26)(H,22,23,24)/t9-,17?/m0/s1. The van der Waals surface area contributed by atoms with Gasteiger partial charge >= 0.3 is 0 Å². The van der Waals surface area contributed by atoms with Gasteiger partial charge in [-0.15, -0.1) is 11.3 Å². The second-order valence-corrected chi connectivity index (χ2v) is 7.71. The van der Waals surface area contributed by atoms with Crippen molar-refractivity contribution in [3.05, 3.63) is 47.0 Å². The zero-order valence-electron chi connectivity index (χ0n) is 15.0. The number of primary amides is 1. The van der Waals surface area contributed by atoms with Crippen LogP contribution in [-0.4, -0.2) is 44.0 Å². The zero-order chi connectivity index (χ0) is 19.8. The van der Waals surface area contributed by atoms with Crippen LogP contribution in [0.5, 0.6) is 0 Å². The lowest BCUT2D eigenvalue weighted by molar-refractivity contribution is -0.134. The molecule has 4 heterocycles. The summed E-state index contributed by atoms with van der Waals surface area (Å²) >= 11 is 1.44. The molecule has 1 aliphatic heterocycles. The number of nitrogens with two attached hydrogens (primary N) is 1. The van der Waals surface area contributed by atoms with Crippen LogP contribution in [0, 0.1) is 11.7 Å². The number of pyridine rings is 1. The Labute approximate surface area is 164 Å². The third-order valence-electron chi connectivity index (χ3n) is 4.80. The number of carbonyl (C=O) groups excluding carboxylic acids is 1. The van der Waals surface area contributed by atoms with Gasteiger partial charge in [0.05, 0.1) is 28.4 Å². The minimum atomic E-state index is -0.966. The monoisotopic (exact) mass is 402 g/mol. The highest BCUT2D eigenvalue weighted by atomic mass is 32.1. The maximum absolute atomic E-state index is 13.4. The van der Waals surface area contributed by atoms with Crippen LogP contribution in [-0.2, 0) is 4.79 Å². The first-order valence-electron chi connectivity index (χ1n) is 8.76. The number of aliphatic hydroxyl groups is 1. The SMILES string of the molecule is C[C@H](Nc1nc(C(O)N2CC(C(N)=O)C2)c2sccc2n1)c1cncc(F)c1. The Hall–Kier alpha value is -2.69. The van der Waals surface area contributed by atoms with Gasteiger partial charge in [-0.25, -0.2) is 14.4 Å². The van der Waals surface area contributed by atoms with Crippen LogP contribution < -0.4 is 11.1 Å². The van der Waals surface area contributed by atoms with E-state index in [4.69, 9.17) is 5.73 Å². The number of aromatic nitrogens is 3. The van der Waals surface area contributed by atoms with Gasteiger partial charge in [0.15, 0.2) is 6.23 Å². The van der Waals surface area contributed by atoms with Crippen molar-refractivity contribution in [2.24, 2.45) is 11.7 Å². The predicted molar refractivity (Wildman–Crippen MR) is 103 cm³/mol. The molecule has 28 heavy (non-hydrogen) atoms.